The lowest BCUT2D eigenvalue weighted by molar-refractivity contribution is 0.0692. The zero-order chi connectivity index (χ0) is 13.7. The molecule has 0 unspecified atom stereocenters. The maximum Gasteiger partial charge on any atom is 0.339 e. The largest absolute Gasteiger partial charge is 0.493 e. The van der Waals surface area contributed by atoms with Crippen LogP contribution in [0.3, 0.4) is 0 Å². The van der Waals surface area contributed by atoms with Crippen molar-refractivity contribution in [2.24, 2.45) is 0 Å². The summed E-state index contributed by atoms with van der Waals surface area (Å²) in [5.74, 6) is -0.522. The van der Waals surface area contributed by atoms with Crippen molar-refractivity contribution in [1.29, 1.82) is 0 Å². The molecule has 0 aromatic heterocycles. The molecule has 1 aromatic rings. The molecule has 5 heteroatoms. The lowest BCUT2D eigenvalue weighted by Gasteiger charge is -2.19. The fourth-order valence-corrected chi connectivity index (χ4v) is 1.81. The number of carboxylic acid groups (broad SMARTS) is 1. The van der Waals surface area contributed by atoms with Crippen molar-refractivity contribution in [2.45, 2.75) is 13.5 Å². The van der Waals surface area contributed by atoms with Crippen LogP contribution in [0.15, 0.2) is 12.1 Å². The first-order valence-corrected chi connectivity index (χ1v) is 5.85. The van der Waals surface area contributed by atoms with Gasteiger partial charge in [-0.05, 0) is 33.2 Å². The summed E-state index contributed by atoms with van der Waals surface area (Å²) in [6.45, 7) is 2.90. The minimum Gasteiger partial charge on any atom is -0.493 e. The van der Waals surface area contributed by atoms with Crippen molar-refractivity contribution in [2.75, 3.05) is 33.1 Å². The number of hydrogen-bond acceptors (Lipinski definition) is 4. The second-order valence-electron chi connectivity index (χ2n) is 4.19. The molecule has 0 amide bonds. The van der Waals surface area contributed by atoms with Crippen LogP contribution in [0.4, 0.5) is 5.69 Å². The number of benzene rings is 1. The van der Waals surface area contributed by atoms with Crippen molar-refractivity contribution in [3.63, 3.8) is 0 Å². The highest BCUT2D eigenvalue weighted by Gasteiger charge is 2.18. The van der Waals surface area contributed by atoms with Gasteiger partial charge in [0.2, 0.25) is 0 Å². The third-order valence-electron chi connectivity index (χ3n) is 2.52. The first-order chi connectivity index (χ1) is 8.51. The molecule has 0 bridgehead atoms. The summed E-state index contributed by atoms with van der Waals surface area (Å²) in [7, 11) is 5.68. The molecule has 0 fully saturated rings. The maximum absolute atomic E-state index is 11.2. The Labute approximate surface area is 107 Å². The van der Waals surface area contributed by atoms with Crippen LogP contribution >= 0.6 is 0 Å². The Balaban J connectivity index is 3.37. The zero-order valence-electron chi connectivity index (χ0n) is 11.3. The topological polar surface area (TPSA) is 61.8 Å². The van der Waals surface area contributed by atoms with Crippen molar-refractivity contribution in [1.82, 2.24) is 4.90 Å². The summed E-state index contributed by atoms with van der Waals surface area (Å²) >= 11 is 0. The minimum absolute atomic E-state index is 0.202. The predicted octanol–water partition coefficient (Wildman–Crippen LogP) is 1.89. The number of hydrogen-bond donors (Lipinski definition) is 2. The molecule has 0 aliphatic rings. The van der Waals surface area contributed by atoms with Gasteiger partial charge in [0.05, 0.1) is 6.61 Å². The monoisotopic (exact) mass is 252 g/mol. The van der Waals surface area contributed by atoms with Crippen LogP contribution in [-0.4, -0.2) is 43.7 Å². The van der Waals surface area contributed by atoms with E-state index in [9.17, 15) is 9.90 Å². The van der Waals surface area contributed by atoms with Crippen LogP contribution in [0.5, 0.6) is 5.75 Å². The number of anilines is 1. The van der Waals surface area contributed by atoms with Crippen LogP contribution in [0.25, 0.3) is 0 Å². The molecule has 18 heavy (non-hydrogen) atoms. The summed E-state index contributed by atoms with van der Waals surface area (Å²) in [5, 5.41) is 12.3. The molecule has 0 heterocycles. The fourth-order valence-electron chi connectivity index (χ4n) is 1.81. The average Bonchev–Trinajstić information content (AvgIpc) is 2.30. The Morgan fingerprint density at radius 1 is 1.44 bits per heavy atom. The molecule has 0 aliphatic carbocycles. The van der Waals surface area contributed by atoms with Crippen LogP contribution in [-0.2, 0) is 6.54 Å². The SMILES string of the molecule is CCOc1c(C(=O)O)ccc(NC)c1CN(C)C. The van der Waals surface area contributed by atoms with Gasteiger partial charge in [-0.3, -0.25) is 0 Å². The molecule has 2 N–H and O–H groups in total. The van der Waals surface area contributed by atoms with Gasteiger partial charge >= 0.3 is 5.97 Å². The van der Waals surface area contributed by atoms with Crippen molar-refractivity contribution < 1.29 is 14.6 Å². The van der Waals surface area contributed by atoms with Crippen LogP contribution in [0.1, 0.15) is 22.8 Å². The van der Waals surface area contributed by atoms with E-state index in [1.165, 1.54) is 0 Å². The first kappa shape index (κ1) is 14.3. The highest BCUT2D eigenvalue weighted by Crippen LogP contribution is 2.31. The molecule has 0 atom stereocenters. The van der Waals surface area contributed by atoms with Crippen LogP contribution in [0, 0.1) is 0 Å². The molecule has 5 nitrogen and oxygen atoms in total. The molecule has 0 radical (unpaired) electrons. The van der Waals surface area contributed by atoms with E-state index in [1.807, 2.05) is 33.0 Å². The maximum atomic E-state index is 11.2. The van der Waals surface area contributed by atoms with Gasteiger partial charge in [-0.25, -0.2) is 4.79 Å². The van der Waals surface area contributed by atoms with E-state index in [0.29, 0.717) is 18.9 Å². The average molecular weight is 252 g/mol. The van der Waals surface area contributed by atoms with E-state index < -0.39 is 5.97 Å². The zero-order valence-corrected chi connectivity index (χ0v) is 11.3. The van der Waals surface area contributed by atoms with Crippen molar-refractivity contribution >= 4 is 11.7 Å². The van der Waals surface area contributed by atoms with E-state index >= 15 is 0 Å². The second-order valence-corrected chi connectivity index (χ2v) is 4.19. The van der Waals surface area contributed by atoms with Gasteiger partial charge < -0.3 is 20.1 Å². The van der Waals surface area contributed by atoms with E-state index in [4.69, 9.17) is 4.74 Å². The Morgan fingerprint density at radius 3 is 2.56 bits per heavy atom. The number of carboxylic acids is 1. The van der Waals surface area contributed by atoms with Gasteiger partial charge in [0.1, 0.15) is 11.3 Å². The summed E-state index contributed by atoms with van der Waals surface area (Å²) < 4.78 is 5.53. The van der Waals surface area contributed by atoms with Crippen molar-refractivity contribution in [3.8, 4) is 5.75 Å². The Kier molecular flexibility index (Phi) is 4.97. The first-order valence-electron chi connectivity index (χ1n) is 5.85. The molecule has 0 saturated carbocycles. The molecule has 0 saturated heterocycles. The lowest BCUT2D eigenvalue weighted by Crippen LogP contribution is -2.15. The highest BCUT2D eigenvalue weighted by atomic mass is 16.5. The summed E-state index contributed by atoms with van der Waals surface area (Å²) in [6.07, 6.45) is 0. The van der Waals surface area contributed by atoms with Gasteiger partial charge in [0, 0.05) is 24.8 Å². The van der Waals surface area contributed by atoms with E-state index in [1.54, 1.807) is 12.1 Å². The van der Waals surface area contributed by atoms with Gasteiger partial charge in [0.25, 0.3) is 0 Å². The van der Waals surface area contributed by atoms with Gasteiger partial charge in [0.15, 0.2) is 0 Å². The van der Waals surface area contributed by atoms with Gasteiger partial charge in [-0.1, -0.05) is 0 Å². The third-order valence-corrected chi connectivity index (χ3v) is 2.52. The molecule has 1 rings (SSSR count). The lowest BCUT2D eigenvalue weighted by atomic mass is 10.1. The number of rotatable bonds is 6. The van der Waals surface area contributed by atoms with E-state index in [0.717, 1.165) is 11.3 Å². The van der Waals surface area contributed by atoms with Gasteiger partial charge in [-0.2, -0.15) is 0 Å². The number of ether oxygens (including phenoxy) is 1. The minimum atomic E-state index is -0.971. The summed E-state index contributed by atoms with van der Waals surface area (Å²) in [6, 6.07) is 3.34. The quantitative estimate of drug-likeness (QED) is 0.809. The molecular weight excluding hydrogens is 232 g/mol. The van der Waals surface area contributed by atoms with E-state index in [2.05, 4.69) is 5.32 Å². The van der Waals surface area contributed by atoms with Gasteiger partial charge in [-0.15, -0.1) is 0 Å². The number of nitrogens with zero attached hydrogens (tertiary/aromatic N) is 1. The molecular formula is C13H20N2O3. The predicted molar refractivity (Wildman–Crippen MR) is 71.5 cm³/mol. The third kappa shape index (κ3) is 3.13. The van der Waals surface area contributed by atoms with Crippen LogP contribution < -0.4 is 10.1 Å². The normalized spacial score (nSPS) is 10.5. The number of carbonyl (C=O) groups is 1. The standard InChI is InChI=1S/C13H20N2O3/c1-5-18-12-9(13(16)17)6-7-11(14-2)10(12)8-15(3)4/h6-7,14H,5,8H2,1-4H3,(H,16,17). The van der Waals surface area contributed by atoms with Crippen LogP contribution in [0.2, 0.25) is 0 Å². The summed E-state index contributed by atoms with van der Waals surface area (Å²) in [4.78, 5) is 13.2. The smallest absolute Gasteiger partial charge is 0.339 e. The number of aromatic carboxylic acids is 1. The fraction of sp³-hybridized carbons (Fsp3) is 0.462. The molecule has 0 aliphatic heterocycles. The Morgan fingerprint density at radius 2 is 2.11 bits per heavy atom. The molecule has 100 valence electrons. The highest BCUT2D eigenvalue weighted by molar-refractivity contribution is 5.92. The second kappa shape index (κ2) is 6.26. The number of nitrogens with one attached hydrogen (secondary N) is 1. The van der Waals surface area contributed by atoms with Crippen molar-refractivity contribution in [3.05, 3.63) is 23.3 Å². The Hall–Kier alpha value is -1.75. The Bertz CT molecular complexity index is 430. The molecule has 1 aromatic carbocycles. The molecule has 0 spiro atoms. The summed E-state index contributed by atoms with van der Waals surface area (Å²) in [5.41, 5.74) is 1.95. The van der Waals surface area contributed by atoms with E-state index in [-0.39, 0.29) is 5.56 Å².